The lowest BCUT2D eigenvalue weighted by molar-refractivity contribution is 0.102. The molecule has 0 unspecified atom stereocenters. The van der Waals surface area contributed by atoms with Gasteiger partial charge in [0.05, 0.1) is 12.3 Å². The molecular weight excluding hydrogens is 324 g/mol. The summed E-state index contributed by atoms with van der Waals surface area (Å²) in [6.45, 7) is 6.41. The van der Waals surface area contributed by atoms with Gasteiger partial charge in [0, 0.05) is 18.7 Å². The molecule has 4 nitrogen and oxygen atoms in total. The van der Waals surface area contributed by atoms with Crippen molar-refractivity contribution >= 4 is 24.0 Å². The fraction of sp³-hybridized carbons (Fsp3) is 0.316. The van der Waals surface area contributed by atoms with Crippen molar-refractivity contribution < 1.29 is 9.53 Å². The Balaban J connectivity index is 0.00000208. The zero-order valence-corrected chi connectivity index (χ0v) is 14.8. The highest BCUT2D eigenvalue weighted by Crippen LogP contribution is 2.27. The Kier molecular flexibility index (Phi) is 6.23. The van der Waals surface area contributed by atoms with E-state index in [9.17, 15) is 4.79 Å². The van der Waals surface area contributed by atoms with Gasteiger partial charge in [-0.2, -0.15) is 0 Å². The normalized spacial score (nSPS) is 12.2. The molecule has 0 spiro atoms. The minimum atomic E-state index is -0.107. The van der Waals surface area contributed by atoms with Gasteiger partial charge >= 0.3 is 0 Å². The number of carbonyl (C=O) groups excluding carboxylic acids is 1. The fourth-order valence-electron chi connectivity index (χ4n) is 2.69. The monoisotopic (exact) mass is 346 g/mol. The first-order chi connectivity index (χ1) is 11.2. The number of benzene rings is 2. The molecule has 1 heterocycles. The lowest BCUT2D eigenvalue weighted by Gasteiger charge is -2.13. The van der Waals surface area contributed by atoms with Crippen LogP contribution in [0.2, 0.25) is 0 Å². The average molecular weight is 347 g/mol. The number of anilines is 1. The summed E-state index contributed by atoms with van der Waals surface area (Å²) in [5.41, 5.74) is 4.97. The summed E-state index contributed by atoms with van der Waals surface area (Å²) in [5, 5.41) is 6.26. The summed E-state index contributed by atoms with van der Waals surface area (Å²) in [5.74, 6) is 0.618. The Hall–Kier alpha value is -2.04. The summed E-state index contributed by atoms with van der Waals surface area (Å²) in [7, 11) is 0. The molecule has 1 aliphatic heterocycles. The average Bonchev–Trinajstić information content (AvgIpc) is 3.02. The largest absolute Gasteiger partial charge is 0.491 e. The van der Waals surface area contributed by atoms with Crippen LogP contribution in [-0.4, -0.2) is 12.5 Å². The minimum absolute atomic E-state index is 0. The van der Waals surface area contributed by atoms with E-state index in [1.807, 2.05) is 43.3 Å². The molecule has 0 radical (unpaired) electrons. The number of amides is 1. The molecule has 2 aromatic carbocycles. The molecule has 24 heavy (non-hydrogen) atoms. The molecule has 0 aromatic heterocycles. The van der Waals surface area contributed by atoms with Crippen LogP contribution in [0.4, 0.5) is 5.69 Å². The van der Waals surface area contributed by atoms with E-state index in [1.54, 1.807) is 0 Å². The van der Waals surface area contributed by atoms with Gasteiger partial charge in [-0.1, -0.05) is 19.1 Å². The number of nitrogens with one attached hydrogen (secondary N) is 2. The summed E-state index contributed by atoms with van der Waals surface area (Å²) >= 11 is 0. The maximum Gasteiger partial charge on any atom is 0.255 e. The highest BCUT2D eigenvalue weighted by atomic mass is 35.5. The van der Waals surface area contributed by atoms with Gasteiger partial charge in [-0.25, -0.2) is 0 Å². The third-order valence-corrected chi connectivity index (χ3v) is 3.95. The van der Waals surface area contributed by atoms with E-state index in [1.165, 1.54) is 11.1 Å². The molecule has 5 heteroatoms. The Morgan fingerprint density at radius 3 is 2.75 bits per heavy atom. The van der Waals surface area contributed by atoms with Crippen LogP contribution < -0.4 is 15.4 Å². The lowest BCUT2D eigenvalue weighted by Crippen LogP contribution is -2.13. The van der Waals surface area contributed by atoms with E-state index in [4.69, 9.17) is 4.74 Å². The Labute approximate surface area is 149 Å². The highest BCUT2D eigenvalue weighted by Gasteiger charge is 2.15. The number of rotatable bonds is 5. The van der Waals surface area contributed by atoms with Crippen LogP contribution in [0.1, 0.15) is 40.4 Å². The predicted molar refractivity (Wildman–Crippen MR) is 99.2 cm³/mol. The Morgan fingerprint density at radius 2 is 1.96 bits per heavy atom. The van der Waals surface area contributed by atoms with Gasteiger partial charge < -0.3 is 15.4 Å². The first-order valence-electron chi connectivity index (χ1n) is 8.04. The molecule has 0 atom stereocenters. The molecule has 0 bridgehead atoms. The van der Waals surface area contributed by atoms with E-state index >= 15 is 0 Å². The molecule has 0 saturated carbocycles. The summed E-state index contributed by atoms with van der Waals surface area (Å²) < 4.78 is 5.75. The second-order valence-electron chi connectivity index (χ2n) is 5.89. The summed E-state index contributed by atoms with van der Waals surface area (Å²) in [6, 6.07) is 11.7. The second-order valence-corrected chi connectivity index (χ2v) is 5.89. The molecular formula is C19H23ClN2O2. The molecule has 0 fully saturated rings. The van der Waals surface area contributed by atoms with Crippen molar-refractivity contribution in [1.82, 2.24) is 5.32 Å². The number of hydrogen-bond donors (Lipinski definition) is 2. The molecule has 1 amide bonds. The van der Waals surface area contributed by atoms with Crippen molar-refractivity contribution in [2.75, 3.05) is 11.9 Å². The van der Waals surface area contributed by atoms with Gasteiger partial charge in [0.15, 0.2) is 0 Å². The van der Waals surface area contributed by atoms with Crippen molar-refractivity contribution in [3.8, 4) is 5.75 Å². The smallest absolute Gasteiger partial charge is 0.255 e. The van der Waals surface area contributed by atoms with Gasteiger partial charge in [0.25, 0.3) is 5.91 Å². The zero-order valence-electron chi connectivity index (χ0n) is 14.0. The summed E-state index contributed by atoms with van der Waals surface area (Å²) in [6.07, 6.45) is 0.930. The van der Waals surface area contributed by atoms with Crippen LogP contribution in [0, 0.1) is 6.92 Å². The van der Waals surface area contributed by atoms with Gasteiger partial charge in [-0.3, -0.25) is 4.79 Å². The number of halogens is 1. The van der Waals surface area contributed by atoms with Crippen molar-refractivity contribution in [2.24, 2.45) is 0 Å². The number of ether oxygens (including phenoxy) is 1. The summed E-state index contributed by atoms with van der Waals surface area (Å²) in [4.78, 5) is 12.5. The standard InChI is InChI=1S/C19H22N2O2.ClH/c1-3-8-23-18-9-13(2)4-7-17(18)21-19(22)14-5-6-15-11-20-12-16(15)10-14;/h4-7,9-10,20H,3,8,11-12H2,1-2H3,(H,21,22);1H. The second kappa shape index (κ2) is 8.18. The van der Waals surface area contributed by atoms with Crippen LogP contribution >= 0.6 is 12.4 Å². The third kappa shape index (κ3) is 4.08. The van der Waals surface area contributed by atoms with Crippen LogP contribution in [0.25, 0.3) is 0 Å². The number of aryl methyl sites for hydroxylation is 1. The SMILES string of the molecule is CCCOc1cc(C)ccc1NC(=O)c1ccc2c(c1)CNC2.Cl. The highest BCUT2D eigenvalue weighted by molar-refractivity contribution is 6.05. The van der Waals surface area contributed by atoms with Crippen LogP contribution in [0.15, 0.2) is 36.4 Å². The number of fused-ring (bicyclic) bond motifs is 1. The topological polar surface area (TPSA) is 50.4 Å². The first-order valence-corrected chi connectivity index (χ1v) is 8.04. The van der Waals surface area contributed by atoms with Crippen LogP contribution in [0.3, 0.4) is 0 Å². The van der Waals surface area contributed by atoms with Crippen LogP contribution in [0.5, 0.6) is 5.75 Å². The molecule has 2 N–H and O–H groups in total. The maximum absolute atomic E-state index is 12.5. The molecule has 0 aliphatic carbocycles. The van der Waals surface area contributed by atoms with Gasteiger partial charge in [-0.05, 0) is 54.3 Å². The van der Waals surface area contributed by atoms with Crippen molar-refractivity contribution in [3.05, 3.63) is 58.7 Å². The first kappa shape index (κ1) is 18.3. The number of carbonyl (C=O) groups is 1. The quantitative estimate of drug-likeness (QED) is 0.858. The maximum atomic E-state index is 12.5. The fourth-order valence-corrected chi connectivity index (χ4v) is 2.69. The van der Waals surface area contributed by atoms with Gasteiger partial charge in [0.2, 0.25) is 0 Å². The molecule has 128 valence electrons. The molecule has 3 rings (SSSR count). The molecule has 1 aliphatic rings. The Bertz CT molecular complexity index is 731. The zero-order chi connectivity index (χ0) is 16.2. The van der Waals surface area contributed by atoms with E-state index in [0.29, 0.717) is 17.9 Å². The van der Waals surface area contributed by atoms with Gasteiger partial charge in [0.1, 0.15) is 5.75 Å². The number of hydrogen-bond acceptors (Lipinski definition) is 3. The van der Waals surface area contributed by atoms with E-state index in [-0.39, 0.29) is 18.3 Å². The van der Waals surface area contributed by atoms with Crippen molar-refractivity contribution in [2.45, 2.75) is 33.4 Å². The van der Waals surface area contributed by atoms with Crippen molar-refractivity contribution in [3.63, 3.8) is 0 Å². The van der Waals surface area contributed by atoms with E-state index < -0.39 is 0 Å². The predicted octanol–water partition coefficient (Wildman–Crippen LogP) is 4.06. The lowest BCUT2D eigenvalue weighted by atomic mass is 10.1. The van der Waals surface area contributed by atoms with Gasteiger partial charge in [-0.15, -0.1) is 12.4 Å². The Morgan fingerprint density at radius 1 is 1.17 bits per heavy atom. The molecule has 2 aromatic rings. The van der Waals surface area contributed by atoms with E-state index in [0.717, 1.165) is 30.8 Å². The van der Waals surface area contributed by atoms with Crippen molar-refractivity contribution in [1.29, 1.82) is 0 Å². The minimum Gasteiger partial charge on any atom is -0.491 e. The van der Waals surface area contributed by atoms with Crippen LogP contribution in [-0.2, 0) is 13.1 Å². The third-order valence-electron chi connectivity index (χ3n) is 3.95. The molecule has 0 saturated heterocycles. The van der Waals surface area contributed by atoms with E-state index in [2.05, 4.69) is 17.6 Å².